The van der Waals surface area contributed by atoms with Crippen LogP contribution >= 0.6 is 0 Å². The molecule has 0 heterocycles. The Morgan fingerprint density at radius 2 is 2.29 bits per heavy atom. The van der Waals surface area contributed by atoms with E-state index in [1.165, 1.54) is 12.8 Å². The van der Waals surface area contributed by atoms with Crippen LogP contribution in [0.15, 0.2) is 12.2 Å². The Hall–Kier alpha value is -0.340. The number of hydrogen-bond acceptors (Lipinski definition) is 2. The zero-order chi connectivity index (χ0) is 10.2. The first kappa shape index (κ1) is 10.2. The van der Waals surface area contributed by atoms with Crippen LogP contribution in [0.25, 0.3) is 0 Å². The molecule has 14 heavy (non-hydrogen) atoms. The molecule has 3 atom stereocenters. The highest BCUT2D eigenvalue weighted by molar-refractivity contribution is 5.12. The van der Waals surface area contributed by atoms with Gasteiger partial charge in [0.1, 0.15) is 0 Å². The van der Waals surface area contributed by atoms with Crippen LogP contribution < -0.4 is 5.32 Å². The molecule has 0 aliphatic heterocycles. The summed E-state index contributed by atoms with van der Waals surface area (Å²) in [5.41, 5.74) is 0.0212. The van der Waals surface area contributed by atoms with E-state index < -0.39 is 0 Å². The highest BCUT2D eigenvalue weighted by Gasteiger charge is 2.40. The SMILES string of the molecule is CC(C)(CO)CNC1CC2CC=CC21. The lowest BCUT2D eigenvalue weighted by Crippen LogP contribution is -2.50. The highest BCUT2D eigenvalue weighted by Crippen LogP contribution is 2.42. The molecule has 0 amide bonds. The number of fused-ring (bicyclic) bond motifs is 1. The van der Waals surface area contributed by atoms with Crippen LogP contribution in [0.2, 0.25) is 0 Å². The Balaban J connectivity index is 1.75. The number of rotatable bonds is 4. The van der Waals surface area contributed by atoms with Gasteiger partial charge in [0, 0.05) is 24.6 Å². The summed E-state index contributed by atoms with van der Waals surface area (Å²) in [5.74, 6) is 1.70. The molecule has 0 saturated heterocycles. The Kier molecular flexibility index (Phi) is 2.67. The maximum absolute atomic E-state index is 9.13. The fraction of sp³-hybridized carbons (Fsp3) is 0.833. The summed E-state index contributed by atoms with van der Waals surface area (Å²) in [7, 11) is 0. The van der Waals surface area contributed by atoms with Crippen LogP contribution in [-0.4, -0.2) is 24.3 Å². The van der Waals surface area contributed by atoms with E-state index in [2.05, 4.69) is 31.3 Å². The van der Waals surface area contributed by atoms with Gasteiger partial charge in [-0.1, -0.05) is 26.0 Å². The number of nitrogens with one attached hydrogen (secondary N) is 1. The maximum Gasteiger partial charge on any atom is 0.0494 e. The van der Waals surface area contributed by atoms with Crippen LogP contribution in [0.1, 0.15) is 26.7 Å². The van der Waals surface area contributed by atoms with E-state index in [1.807, 2.05) is 0 Å². The van der Waals surface area contributed by atoms with E-state index in [-0.39, 0.29) is 12.0 Å². The molecule has 2 N–H and O–H groups in total. The van der Waals surface area contributed by atoms with Crippen LogP contribution in [0, 0.1) is 17.3 Å². The van der Waals surface area contributed by atoms with Crippen molar-refractivity contribution < 1.29 is 5.11 Å². The predicted octanol–water partition coefficient (Wildman–Crippen LogP) is 1.56. The molecule has 2 rings (SSSR count). The second-order valence-electron chi connectivity index (χ2n) is 5.55. The predicted molar refractivity (Wildman–Crippen MR) is 58.0 cm³/mol. The van der Waals surface area contributed by atoms with Crippen LogP contribution in [0.5, 0.6) is 0 Å². The first-order valence-corrected chi connectivity index (χ1v) is 5.63. The largest absolute Gasteiger partial charge is 0.396 e. The lowest BCUT2D eigenvalue weighted by Gasteiger charge is -2.42. The Morgan fingerprint density at radius 1 is 1.50 bits per heavy atom. The number of hydrogen-bond donors (Lipinski definition) is 2. The first-order valence-electron chi connectivity index (χ1n) is 5.63. The number of aliphatic hydroxyl groups excluding tert-OH is 1. The van der Waals surface area contributed by atoms with E-state index in [0.29, 0.717) is 6.04 Å². The molecule has 3 unspecified atom stereocenters. The van der Waals surface area contributed by atoms with Crippen molar-refractivity contribution in [3.8, 4) is 0 Å². The van der Waals surface area contributed by atoms with E-state index in [9.17, 15) is 0 Å². The van der Waals surface area contributed by atoms with Crippen LogP contribution in [0.4, 0.5) is 0 Å². The molecule has 2 aliphatic carbocycles. The van der Waals surface area contributed by atoms with Gasteiger partial charge in [0.25, 0.3) is 0 Å². The minimum atomic E-state index is 0.0212. The van der Waals surface area contributed by atoms with Crippen molar-refractivity contribution >= 4 is 0 Å². The second kappa shape index (κ2) is 3.67. The maximum atomic E-state index is 9.13. The van der Waals surface area contributed by atoms with Crippen LogP contribution in [-0.2, 0) is 0 Å². The summed E-state index contributed by atoms with van der Waals surface area (Å²) < 4.78 is 0. The molecule has 2 nitrogen and oxygen atoms in total. The molecule has 0 radical (unpaired) electrons. The standard InChI is InChI=1S/C12H21NO/c1-12(2,8-14)7-13-11-6-9-4-3-5-10(9)11/h3,5,9-11,13-14H,4,6-8H2,1-2H3. The molecule has 80 valence electrons. The minimum Gasteiger partial charge on any atom is -0.396 e. The molecule has 0 bridgehead atoms. The van der Waals surface area contributed by atoms with Gasteiger partial charge in [-0.25, -0.2) is 0 Å². The highest BCUT2D eigenvalue weighted by atomic mass is 16.3. The zero-order valence-electron chi connectivity index (χ0n) is 9.16. The third-order valence-electron chi connectivity index (χ3n) is 3.63. The normalized spacial score (nSPS) is 35.5. The van der Waals surface area contributed by atoms with Crippen LogP contribution in [0.3, 0.4) is 0 Å². The lowest BCUT2D eigenvalue weighted by atomic mass is 9.71. The summed E-state index contributed by atoms with van der Waals surface area (Å²) in [4.78, 5) is 0. The van der Waals surface area contributed by atoms with Crippen molar-refractivity contribution in [2.24, 2.45) is 17.3 Å². The van der Waals surface area contributed by atoms with E-state index in [1.54, 1.807) is 0 Å². The molecule has 1 fully saturated rings. The third-order valence-corrected chi connectivity index (χ3v) is 3.63. The van der Waals surface area contributed by atoms with Gasteiger partial charge < -0.3 is 10.4 Å². The second-order valence-corrected chi connectivity index (χ2v) is 5.55. The van der Waals surface area contributed by atoms with Gasteiger partial charge >= 0.3 is 0 Å². The number of aliphatic hydroxyl groups is 1. The fourth-order valence-corrected chi connectivity index (χ4v) is 2.41. The average Bonchev–Trinajstić information content (AvgIpc) is 2.48. The van der Waals surface area contributed by atoms with Gasteiger partial charge in [0.15, 0.2) is 0 Å². The smallest absolute Gasteiger partial charge is 0.0494 e. The molecule has 2 aliphatic rings. The van der Waals surface area contributed by atoms with Crippen molar-refractivity contribution in [3.63, 3.8) is 0 Å². The Bertz CT molecular complexity index is 234. The molecule has 0 aromatic carbocycles. The number of allylic oxidation sites excluding steroid dienone is 1. The minimum absolute atomic E-state index is 0.0212. The van der Waals surface area contributed by atoms with E-state index in [4.69, 9.17) is 5.11 Å². The van der Waals surface area contributed by atoms with Gasteiger partial charge in [-0.3, -0.25) is 0 Å². The molecule has 0 aromatic rings. The van der Waals surface area contributed by atoms with Crippen molar-refractivity contribution in [1.29, 1.82) is 0 Å². The van der Waals surface area contributed by atoms with Crippen molar-refractivity contribution in [2.75, 3.05) is 13.2 Å². The molecule has 1 saturated carbocycles. The molecule has 0 aromatic heterocycles. The summed E-state index contributed by atoms with van der Waals surface area (Å²) in [6, 6.07) is 0.671. The van der Waals surface area contributed by atoms with Crippen molar-refractivity contribution in [3.05, 3.63) is 12.2 Å². The van der Waals surface area contributed by atoms with Crippen molar-refractivity contribution in [2.45, 2.75) is 32.7 Å². The molecular weight excluding hydrogens is 174 g/mol. The summed E-state index contributed by atoms with van der Waals surface area (Å²) in [5, 5.41) is 12.7. The monoisotopic (exact) mass is 195 g/mol. The van der Waals surface area contributed by atoms with E-state index >= 15 is 0 Å². The van der Waals surface area contributed by atoms with Gasteiger partial charge in [-0.05, 0) is 24.7 Å². The Morgan fingerprint density at radius 3 is 2.93 bits per heavy atom. The van der Waals surface area contributed by atoms with E-state index in [0.717, 1.165) is 18.4 Å². The van der Waals surface area contributed by atoms with Gasteiger partial charge in [0.2, 0.25) is 0 Å². The summed E-state index contributed by atoms with van der Waals surface area (Å²) >= 11 is 0. The molecule has 2 heteroatoms. The Labute approximate surface area is 86.4 Å². The molecule has 0 spiro atoms. The average molecular weight is 195 g/mol. The zero-order valence-corrected chi connectivity index (χ0v) is 9.16. The van der Waals surface area contributed by atoms with Gasteiger partial charge in [-0.15, -0.1) is 0 Å². The summed E-state index contributed by atoms with van der Waals surface area (Å²) in [6.45, 7) is 5.38. The van der Waals surface area contributed by atoms with Gasteiger partial charge in [-0.2, -0.15) is 0 Å². The third kappa shape index (κ3) is 1.86. The quantitative estimate of drug-likeness (QED) is 0.667. The molecular formula is C12H21NO. The topological polar surface area (TPSA) is 32.3 Å². The van der Waals surface area contributed by atoms with Crippen molar-refractivity contribution in [1.82, 2.24) is 5.32 Å². The lowest BCUT2D eigenvalue weighted by molar-refractivity contribution is 0.116. The summed E-state index contributed by atoms with van der Waals surface area (Å²) in [6.07, 6.45) is 7.28. The fourth-order valence-electron chi connectivity index (χ4n) is 2.41. The first-order chi connectivity index (χ1) is 6.62. The van der Waals surface area contributed by atoms with Gasteiger partial charge in [0.05, 0.1) is 0 Å².